The third kappa shape index (κ3) is 4.08. The minimum absolute atomic E-state index is 0.00959. The Hall–Kier alpha value is -4.39. The average molecular weight is 437 g/mol. The Balaban J connectivity index is 1.61. The Morgan fingerprint density at radius 2 is 1.79 bits per heavy atom. The molecule has 6 nitrogen and oxygen atoms in total. The van der Waals surface area contributed by atoms with Gasteiger partial charge in [-0.3, -0.25) is 9.20 Å². The first-order valence-electron chi connectivity index (χ1n) is 10.5. The van der Waals surface area contributed by atoms with Crippen LogP contribution in [-0.4, -0.2) is 25.6 Å². The molecule has 0 aliphatic rings. The summed E-state index contributed by atoms with van der Waals surface area (Å²) in [6.07, 6.45) is 4.26. The van der Waals surface area contributed by atoms with Crippen molar-refractivity contribution in [2.75, 3.05) is 5.32 Å². The average Bonchev–Trinajstić information content (AvgIpc) is 3.24. The molecule has 0 unspecified atom stereocenters. The minimum Gasteiger partial charge on any atom is -0.348 e. The highest BCUT2D eigenvalue weighted by atomic mass is 19.1. The Morgan fingerprint density at radius 3 is 2.55 bits per heavy atom. The lowest BCUT2D eigenvalue weighted by molar-refractivity contribution is 0.112. The van der Waals surface area contributed by atoms with Gasteiger partial charge in [-0.15, -0.1) is 0 Å². The van der Waals surface area contributed by atoms with E-state index in [2.05, 4.69) is 10.3 Å². The van der Waals surface area contributed by atoms with Gasteiger partial charge in [0.05, 0.1) is 23.1 Å². The van der Waals surface area contributed by atoms with E-state index in [1.54, 1.807) is 36.7 Å². The third-order valence-electron chi connectivity index (χ3n) is 5.45. The van der Waals surface area contributed by atoms with E-state index in [4.69, 9.17) is 9.97 Å². The van der Waals surface area contributed by atoms with Crippen LogP contribution in [0.2, 0.25) is 0 Å². The summed E-state index contributed by atoms with van der Waals surface area (Å²) >= 11 is 0. The van der Waals surface area contributed by atoms with Gasteiger partial charge >= 0.3 is 0 Å². The van der Waals surface area contributed by atoms with Crippen molar-refractivity contribution in [1.82, 2.24) is 19.4 Å². The second kappa shape index (κ2) is 8.63. The van der Waals surface area contributed by atoms with E-state index in [0.717, 1.165) is 23.1 Å². The fourth-order valence-electron chi connectivity index (χ4n) is 3.77. The molecule has 2 aromatic carbocycles. The van der Waals surface area contributed by atoms with Crippen LogP contribution < -0.4 is 5.32 Å². The number of aromatic nitrogens is 4. The van der Waals surface area contributed by atoms with Crippen LogP contribution in [0.15, 0.2) is 85.2 Å². The van der Waals surface area contributed by atoms with Crippen molar-refractivity contribution in [3.63, 3.8) is 0 Å². The number of imidazole rings is 1. The number of aldehydes is 1. The zero-order valence-corrected chi connectivity index (χ0v) is 17.8. The summed E-state index contributed by atoms with van der Waals surface area (Å²) in [5, 5.41) is 3.35. The predicted molar refractivity (Wildman–Crippen MR) is 125 cm³/mol. The van der Waals surface area contributed by atoms with E-state index >= 15 is 0 Å². The molecular weight excluding hydrogens is 417 g/mol. The Bertz CT molecular complexity index is 1430. The van der Waals surface area contributed by atoms with Crippen LogP contribution in [0.3, 0.4) is 0 Å². The van der Waals surface area contributed by atoms with E-state index in [0.29, 0.717) is 28.5 Å². The van der Waals surface area contributed by atoms with E-state index in [-0.39, 0.29) is 11.9 Å². The Morgan fingerprint density at radius 1 is 1.00 bits per heavy atom. The summed E-state index contributed by atoms with van der Waals surface area (Å²) in [4.78, 5) is 25.2. The lowest BCUT2D eigenvalue weighted by atomic mass is 10.1. The van der Waals surface area contributed by atoms with Gasteiger partial charge in [-0.05, 0) is 55.0 Å². The molecule has 0 radical (unpaired) electrons. The summed E-state index contributed by atoms with van der Waals surface area (Å²) < 4.78 is 15.4. The molecular formula is C26H20FN5O. The molecule has 0 aliphatic carbocycles. The molecule has 3 aromatic heterocycles. The largest absolute Gasteiger partial charge is 0.348 e. The van der Waals surface area contributed by atoms with Gasteiger partial charge < -0.3 is 5.32 Å². The van der Waals surface area contributed by atoms with Crippen LogP contribution in [0.25, 0.3) is 28.3 Å². The minimum atomic E-state index is -0.323. The van der Waals surface area contributed by atoms with Crippen LogP contribution in [0.4, 0.5) is 10.3 Å². The standard InChI is InChI=1S/C26H20FN5O/c1-17(19-5-3-2-4-6-19)29-26-28-13-11-22(30-26)25-24(20-7-9-21(27)10-8-20)31-23-15-18(16-33)12-14-32(23)25/h2-17H,1H3,(H,28,29,30)/t17-/m1/s1. The number of anilines is 1. The van der Waals surface area contributed by atoms with E-state index in [9.17, 15) is 9.18 Å². The van der Waals surface area contributed by atoms with Gasteiger partial charge in [0, 0.05) is 23.5 Å². The fourth-order valence-corrected chi connectivity index (χ4v) is 3.77. The Labute approximate surface area is 189 Å². The first-order chi connectivity index (χ1) is 16.1. The van der Waals surface area contributed by atoms with Gasteiger partial charge in [0.25, 0.3) is 0 Å². The lowest BCUT2D eigenvalue weighted by Crippen LogP contribution is -2.09. The van der Waals surface area contributed by atoms with E-state index in [1.165, 1.54) is 12.1 Å². The van der Waals surface area contributed by atoms with Crippen molar-refractivity contribution in [1.29, 1.82) is 0 Å². The number of halogens is 1. The molecule has 1 N–H and O–H groups in total. The zero-order chi connectivity index (χ0) is 22.8. The predicted octanol–water partition coefficient (Wildman–Crippen LogP) is 5.58. The molecule has 3 heterocycles. The first kappa shape index (κ1) is 20.5. The van der Waals surface area contributed by atoms with Crippen molar-refractivity contribution in [3.05, 3.63) is 102 Å². The first-order valence-corrected chi connectivity index (χ1v) is 10.5. The molecule has 7 heteroatoms. The summed E-state index contributed by atoms with van der Waals surface area (Å²) in [5.74, 6) is 0.157. The van der Waals surface area contributed by atoms with Gasteiger partial charge in [-0.25, -0.2) is 19.3 Å². The number of rotatable bonds is 6. The number of benzene rings is 2. The number of nitrogens with zero attached hydrogens (tertiary/aromatic N) is 4. The molecule has 0 bridgehead atoms. The fraction of sp³-hybridized carbons (Fsp3) is 0.0769. The number of fused-ring (bicyclic) bond motifs is 1. The van der Waals surface area contributed by atoms with Gasteiger partial charge in [0.2, 0.25) is 5.95 Å². The topological polar surface area (TPSA) is 72.2 Å². The molecule has 0 aliphatic heterocycles. The molecule has 0 amide bonds. The highest BCUT2D eigenvalue weighted by molar-refractivity contribution is 5.83. The van der Waals surface area contributed by atoms with Gasteiger partial charge in [-0.1, -0.05) is 30.3 Å². The normalized spacial score (nSPS) is 11.9. The van der Waals surface area contributed by atoms with Gasteiger partial charge in [0.15, 0.2) is 0 Å². The van der Waals surface area contributed by atoms with Crippen molar-refractivity contribution in [2.45, 2.75) is 13.0 Å². The molecule has 162 valence electrons. The van der Waals surface area contributed by atoms with Crippen molar-refractivity contribution in [2.24, 2.45) is 0 Å². The van der Waals surface area contributed by atoms with Crippen LogP contribution in [0, 0.1) is 5.82 Å². The van der Waals surface area contributed by atoms with Crippen molar-refractivity contribution in [3.8, 4) is 22.6 Å². The van der Waals surface area contributed by atoms with Crippen LogP contribution in [0.5, 0.6) is 0 Å². The molecule has 0 fully saturated rings. The van der Waals surface area contributed by atoms with E-state index < -0.39 is 0 Å². The quantitative estimate of drug-likeness (QED) is 0.351. The third-order valence-corrected chi connectivity index (χ3v) is 5.45. The van der Waals surface area contributed by atoms with Gasteiger partial charge in [0.1, 0.15) is 17.8 Å². The van der Waals surface area contributed by atoms with Crippen molar-refractivity contribution < 1.29 is 9.18 Å². The zero-order valence-electron chi connectivity index (χ0n) is 17.8. The van der Waals surface area contributed by atoms with Crippen LogP contribution in [0.1, 0.15) is 28.9 Å². The number of hydrogen-bond donors (Lipinski definition) is 1. The maximum atomic E-state index is 13.6. The summed E-state index contributed by atoms with van der Waals surface area (Å²) in [6.45, 7) is 2.05. The highest BCUT2D eigenvalue weighted by Crippen LogP contribution is 2.32. The number of carbonyl (C=O) groups excluding carboxylic acids is 1. The molecule has 0 saturated heterocycles. The second-order valence-electron chi connectivity index (χ2n) is 7.66. The van der Waals surface area contributed by atoms with E-state index in [1.807, 2.05) is 47.7 Å². The van der Waals surface area contributed by atoms with Gasteiger partial charge in [-0.2, -0.15) is 0 Å². The molecule has 33 heavy (non-hydrogen) atoms. The summed E-state index contributed by atoms with van der Waals surface area (Å²) in [6, 6.07) is 21.5. The summed E-state index contributed by atoms with van der Waals surface area (Å²) in [5.41, 5.74) is 5.00. The number of hydrogen-bond acceptors (Lipinski definition) is 5. The second-order valence-corrected chi connectivity index (χ2v) is 7.66. The Kier molecular flexibility index (Phi) is 5.36. The SMILES string of the molecule is C[C@@H](Nc1nccc(-c2c(-c3ccc(F)cc3)nc3cc(C=O)ccn23)n1)c1ccccc1. The monoisotopic (exact) mass is 437 g/mol. The maximum absolute atomic E-state index is 13.6. The maximum Gasteiger partial charge on any atom is 0.223 e. The molecule has 0 spiro atoms. The summed E-state index contributed by atoms with van der Waals surface area (Å²) in [7, 11) is 0. The number of pyridine rings is 1. The molecule has 5 aromatic rings. The number of nitrogens with one attached hydrogen (secondary N) is 1. The lowest BCUT2D eigenvalue weighted by Gasteiger charge is -2.14. The molecule has 1 atom stereocenters. The van der Waals surface area contributed by atoms with Crippen molar-refractivity contribution >= 4 is 17.9 Å². The van der Waals surface area contributed by atoms with Crippen LogP contribution in [-0.2, 0) is 0 Å². The molecule has 0 saturated carbocycles. The number of carbonyl (C=O) groups is 1. The smallest absolute Gasteiger partial charge is 0.223 e. The highest BCUT2D eigenvalue weighted by Gasteiger charge is 2.18. The van der Waals surface area contributed by atoms with Crippen LogP contribution >= 0.6 is 0 Å². The molecule has 5 rings (SSSR count).